The molecule has 0 saturated carbocycles. The van der Waals surface area contributed by atoms with Crippen LogP contribution in [-0.2, 0) is 9.59 Å². The molecule has 3 aromatic rings. The molecule has 0 fully saturated rings. The number of guanidine groups is 1. The van der Waals surface area contributed by atoms with Gasteiger partial charge in [0.1, 0.15) is 6.04 Å². The molecule has 218 valence electrons. The average Bonchev–Trinajstić information content (AvgIpc) is 2.98. The maximum atomic E-state index is 12.9. The Morgan fingerprint density at radius 3 is 2.36 bits per heavy atom. The van der Waals surface area contributed by atoms with Gasteiger partial charge in [-0.05, 0) is 35.7 Å². The van der Waals surface area contributed by atoms with Crippen LogP contribution in [0.5, 0.6) is 0 Å². The highest BCUT2D eigenvalue weighted by Crippen LogP contribution is 2.31. The first-order valence-electron chi connectivity index (χ1n) is 12.8. The highest BCUT2D eigenvalue weighted by Gasteiger charge is 2.25. The Balaban J connectivity index is 1.30. The fraction of sp³-hybridized carbons (Fsp3) is 0.214. The van der Waals surface area contributed by atoms with Crippen molar-refractivity contribution in [2.24, 2.45) is 4.99 Å². The monoisotopic (exact) mass is 611 g/mol. The second kappa shape index (κ2) is 14.3. The van der Waals surface area contributed by atoms with E-state index in [1.165, 1.54) is 12.4 Å². The Morgan fingerprint density at radius 1 is 0.952 bits per heavy atom. The largest absolute Gasteiger partial charge is 0.480 e. The molecule has 0 spiro atoms. The lowest BCUT2D eigenvalue weighted by atomic mass is 10.0. The zero-order valence-electron chi connectivity index (χ0n) is 22.1. The van der Waals surface area contributed by atoms with Crippen LogP contribution in [0.4, 0.5) is 5.69 Å². The number of nitrogens with one attached hydrogen (secondary N) is 5. The number of benzene rings is 2. The summed E-state index contributed by atoms with van der Waals surface area (Å²) in [6, 6.07) is 12.4. The lowest BCUT2D eigenvalue weighted by molar-refractivity contribution is -0.139. The maximum Gasteiger partial charge on any atom is 0.328 e. The molecule has 3 amide bonds. The standard InChI is InChI=1S/C28H27Cl2N7O5/c29-20-10-17(16-5-2-1-3-6-16)11-21(30)24(20)26(40)37-22(27(41)42)14-34-23(38)15-35-25(39)18-9-19(13-31-12-18)36-28-32-7-4-8-33-28/h1-3,5-6,9-13,22H,4,7-8,14-15H2,(H,34,38)(H,35,39)(H,37,40)(H,41,42)(H2,32,33,36)/t22-/m0/s1. The first kappa shape index (κ1) is 30.3. The third-order valence-electron chi connectivity index (χ3n) is 6.05. The molecule has 0 saturated heterocycles. The molecule has 2 heterocycles. The van der Waals surface area contributed by atoms with Crippen LogP contribution in [0, 0.1) is 0 Å². The molecule has 2 aromatic carbocycles. The third kappa shape index (κ3) is 8.18. The summed E-state index contributed by atoms with van der Waals surface area (Å²) < 4.78 is 0. The first-order valence-corrected chi connectivity index (χ1v) is 13.6. The van der Waals surface area contributed by atoms with E-state index < -0.39 is 42.8 Å². The van der Waals surface area contributed by atoms with Crippen molar-refractivity contribution in [2.45, 2.75) is 12.5 Å². The zero-order chi connectivity index (χ0) is 30.1. The zero-order valence-corrected chi connectivity index (χ0v) is 23.6. The molecule has 0 bridgehead atoms. The van der Waals surface area contributed by atoms with Crippen LogP contribution in [-0.4, -0.2) is 72.0 Å². The predicted molar refractivity (Wildman–Crippen MR) is 159 cm³/mol. The number of anilines is 1. The molecule has 14 heteroatoms. The number of aliphatic carboxylic acids is 1. The number of carbonyl (C=O) groups is 4. The number of carboxylic acids is 1. The molecule has 0 unspecified atom stereocenters. The Morgan fingerprint density at radius 2 is 1.69 bits per heavy atom. The van der Waals surface area contributed by atoms with Crippen molar-refractivity contribution in [3.8, 4) is 11.1 Å². The quantitative estimate of drug-likeness (QED) is 0.203. The summed E-state index contributed by atoms with van der Waals surface area (Å²) in [6.07, 6.45) is 3.80. The Bertz CT molecular complexity index is 1490. The second-order valence-corrected chi connectivity index (χ2v) is 9.94. The van der Waals surface area contributed by atoms with Gasteiger partial charge in [-0.2, -0.15) is 0 Å². The number of hydrogen-bond donors (Lipinski definition) is 6. The summed E-state index contributed by atoms with van der Waals surface area (Å²) in [5.41, 5.74) is 2.15. The molecule has 0 radical (unpaired) electrons. The van der Waals surface area contributed by atoms with Gasteiger partial charge in [-0.15, -0.1) is 0 Å². The van der Waals surface area contributed by atoms with Crippen molar-refractivity contribution in [1.29, 1.82) is 0 Å². The lowest BCUT2D eigenvalue weighted by Gasteiger charge is -2.17. The minimum atomic E-state index is -1.50. The molecule has 12 nitrogen and oxygen atoms in total. The van der Waals surface area contributed by atoms with Crippen LogP contribution >= 0.6 is 23.2 Å². The van der Waals surface area contributed by atoms with E-state index in [0.29, 0.717) is 23.8 Å². The van der Waals surface area contributed by atoms with Gasteiger partial charge in [0, 0.05) is 25.8 Å². The fourth-order valence-electron chi connectivity index (χ4n) is 3.94. The van der Waals surface area contributed by atoms with Crippen LogP contribution < -0.4 is 26.6 Å². The van der Waals surface area contributed by atoms with Gasteiger partial charge in [0.05, 0.1) is 39.6 Å². The van der Waals surface area contributed by atoms with Crippen molar-refractivity contribution in [3.05, 3.63) is 82.1 Å². The Kier molecular flexibility index (Phi) is 10.3. The van der Waals surface area contributed by atoms with Crippen LogP contribution in [0.25, 0.3) is 11.1 Å². The number of aromatic nitrogens is 1. The molecule has 6 N–H and O–H groups in total. The van der Waals surface area contributed by atoms with E-state index in [4.69, 9.17) is 23.2 Å². The summed E-state index contributed by atoms with van der Waals surface area (Å²) in [5.74, 6) is -2.88. The Hall–Kier alpha value is -4.68. The van der Waals surface area contributed by atoms with Gasteiger partial charge in [-0.1, -0.05) is 53.5 Å². The number of pyridine rings is 1. The van der Waals surface area contributed by atoms with Crippen molar-refractivity contribution in [1.82, 2.24) is 26.3 Å². The lowest BCUT2D eigenvalue weighted by Crippen LogP contribution is -2.50. The molecule has 42 heavy (non-hydrogen) atoms. The number of rotatable bonds is 10. The number of carbonyl (C=O) groups excluding carboxylic acids is 3. The van der Waals surface area contributed by atoms with Crippen molar-refractivity contribution in [2.75, 3.05) is 31.5 Å². The molecular formula is C28H27Cl2N7O5. The van der Waals surface area contributed by atoms with Gasteiger partial charge in [0.2, 0.25) is 5.91 Å². The Labute approximate surface area is 250 Å². The van der Waals surface area contributed by atoms with Gasteiger partial charge >= 0.3 is 5.97 Å². The third-order valence-corrected chi connectivity index (χ3v) is 6.65. The van der Waals surface area contributed by atoms with Crippen LogP contribution in [0.2, 0.25) is 10.0 Å². The van der Waals surface area contributed by atoms with Crippen molar-refractivity contribution < 1.29 is 24.3 Å². The second-order valence-electron chi connectivity index (χ2n) is 9.13. The van der Waals surface area contributed by atoms with Crippen LogP contribution in [0.15, 0.2) is 65.9 Å². The predicted octanol–water partition coefficient (Wildman–Crippen LogP) is 2.55. The van der Waals surface area contributed by atoms with Crippen molar-refractivity contribution >= 4 is 58.5 Å². The highest BCUT2D eigenvalue weighted by molar-refractivity contribution is 6.40. The van der Waals surface area contributed by atoms with E-state index >= 15 is 0 Å². The van der Waals surface area contributed by atoms with Crippen LogP contribution in [0.1, 0.15) is 27.1 Å². The van der Waals surface area contributed by atoms with Gasteiger partial charge in [0.25, 0.3) is 11.8 Å². The summed E-state index contributed by atoms with van der Waals surface area (Å²) in [6.45, 7) is 0.574. The first-order chi connectivity index (χ1) is 20.2. The van der Waals surface area contributed by atoms with Gasteiger partial charge in [-0.25, -0.2) is 4.79 Å². The normalized spacial score (nSPS) is 13.1. The number of hydrogen-bond acceptors (Lipinski definition) is 8. The molecular weight excluding hydrogens is 585 g/mol. The van der Waals surface area contributed by atoms with Gasteiger partial charge in [0.15, 0.2) is 5.96 Å². The van der Waals surface area contributed by atoms with Crippen LogP contribution in [0.3, 0.4) is 0 Å². The summed E-state index contributed by atoms with van der Waals surface area (Å²) in [4.78, 5) is 57.9. The summed E-state index contributed by atoms with van der Waals surface area (Å²) in [7, 11) is 0. The molecule has 0 aliphatic carbocycles. The van der Waals surface area contributed by atoms with E-state index in [1.807, 2.05) is 30.3 Å². The average molecular weight is 612 g/mol. The number of halogens is 2. The number of amides is 3. The minimum absolute atomic E-state index is 0.0338. The number of aliphatic imine (C=N–C) groups is 1. The molecule has 1 aliphatic rings. The summed E-state index contributed by atoms with van der Waals surface area (Å²) >= 11 is 12.7. The molecule has 4 rings (SSSR count). The fourth-order valence-corrected chi connectivity index (χ4v) is 4.60. The molecule has 1 aliphatic heterocycles. The van der Waals surface area contributed by atoms with E-state index in [0.717, 1.165) is 18.5 Å². The molecule has 1 aromatic heterocycles. The summed E-state index contributed by atoms with van der Waals surface area (Å²) in [5, 5.41) is 23.0. The maximum absolute atomic E-state index is 12.9. The topological polar surface area (TPSA) is 174 Å². The SMILES string of the molecule is O=C(CNC(=O)c1cncc(NC2=NCCCN2)c1)NC[C@H](NC(=O)c1c(Cl)cc(-c2ccccc2)cc1Cl)C(=O)O. The number of carboxylic acid groups (broad SMARTS) is 1. The highest BCUT2D eigenvalue weighted by atomic mass is 35.5. The van der Waals surface area contributed by atoms with Gasteiger partial charge < -0.3 is 31.7 Å². The van der Waals surface area contributed by atoms with E-state index in [-0.39, 0.29) is 21.2 Å². The molecule has 1 atom stereocenters. The van der Waals surface area contributed by atoms with Gasteiger partial charge in [-0.3, -0.25) is 24.4 Å². The van der Waals surface area contributed by atoms with E-state index in [1.54, 1.807) is 18.2 Å². The van der Waals surface area contributed by atoms with E-state index in [9.17, 15) is 24.3 Å². The van der Waals surface area contributed by atoms with Crippen molar-refractivity contribution in [3.63, 3.8) is 0 Å². The smallest absolute Gasteiger partial charge is 0.328 e. The minimum Gasteiger partial charge on any atom is -0.480 e. The van der Waals surface area contributed by atoms with E-state index in [2.05, 4.69) is 36.6 Å². The number of nitrogens with zero attached hydrogens (tertiary/aromatic N) is 2.